The highest BCUT2D eigenvalue weighted by Crippen LogP contribution is 2.19. The first kappa shape index (κ1) is 57.8. The molecule has 1 aromatic carbocycles. The molecule has 1 fully saturated rings. The van der Waals surface area contributed by atoms with Crippen molar-refractivity contribution in [2.45, 2.75) is 113 Å². The second-order valence-corrected chi connectivity index (χ2v) is 15.9. The molecule has 1 aliphatic rings. The van der Waals surface area contributed by atoms with Gasteiger partial charge in [-0.25, -0.2) is 4.79 Å². The van der Waals surface area contributed by atoms with E-state index in [2.05, 4.69) is 37.2 Å². The van der Waals surface area contributed by atoms with Crippen molar-refractivity contribution in [3.05, 3.63) is 35.9 Å². The fourth-order valence-electron chi connectivity index (χ4n) is 6.52. The number of carbonyl (C=O) groups excluding carboxylic acids is 10. The van der Waals surface area contributed by atoms with Crippen LogP contribution in [0.15, 0.2) is 30.3 Å². The third kappa shape index (κ3) is 19.8. The van der Waals surface area contributed by atoms with Crippen LogP contribution in [0.1, 0.15) is 57.9 Å². The van der Waals surface area contributed by atoms with Crippen LogP contribution in [-0.4, -0.2) is 189 Å². The smallest absolute Gasteiger partial charge is 0.328 e. The molecule has 1 aromatic rings. The van der Waals surface area contributed by atoms with E-state index in [0.29, 0.717) is 12.0 Å². The van der Waals surface area contributed by atoms with Crippen LogP contribution in [0.5, 0.6) is 0 Å². The quantitative estimate of drug-likeness (QED) is 0.0354. The Labute approximate surface area is 394 Å². The van der Waals surface area contributed by atoms with Gasteiger partial charge in [0.05, 0.1) is 32.4 Å². The standard InChI is InChI=1S/C41H61N11O17/c1-20(46-38(65)26(18-53)50-39(66)28-9-6-14-52(28)40(67)33(43)21(2)55)34(61)49-25(15-22-7-4-3-5-8-22)36(63)45-17-30(57)47-23(11-13-32(59)60)35(62)44-16-31(58)48-24(10-12-29(42)56)37(64)51-27(19-54)41(68)69/h3-5,7-8,20-21,23-28,33,53-55H,6,9-19,43H2,1-2H3,(H2,42,56)(H,44,62)(H,45,63)(H,46,65)(H,47,57)(H,48,58)(H,49,61)(H,50,66)(H,51,64)(H,59,60)(H,68,69)/t20-,21+,23-,24-,25-,26-,27-,28-,33-/m0/s1. The Morgan fingerprint density at radius 3 is 1.71 bits per heavy atom. The third-order valence-electron chi connectivity index (χ3n) is 10.4. The fraction of sp³-hybridized carbons (Fsp3) is 0.561. The summed E-state index contributed by atoms with van der Waals surface area (Å²) in [6.07, 6.45) is -2.75. The zero-order valence-corrected chi connectivity index (χ0v) is 37.8. The molecule has 17 N–H and O–H groups in total. The van der Waals surface area contributed by atoms with Crippen LogP contribution >= 0.6 is 0 Å². The molecule has 28 heteroatoms. The topological polar surface area (TPSA) is 458 Å². The van der Waals surface area contributed by atoms with Gasteiger partial charge in [0.1, 0.15) is 48.3 Å². The van der Waals surface area contributed by atoms with E-state index in [1.54, 1.807) is 30.3 Å². The van der Waals surface area contributed by atoms with Crippen LogP contribution < -0.4 is 54.0 Å². The lowest BCUT2D eigenvalue weighted by molar-refractivity contribution is -0.143. The molecule has 0 spiro atoms. The Kier molecular flexibility index (Phi) is 24.1. The summed E-state index contributed by atoms with van der Waals surface area (Å²) in [5.41, 5.74) is 11.4. The maximum atomic E-state index is 13.5. The number of benzene rings is 1. The predicted molar refractivity (Wildman–Crippen MR) is 235 cm³/mol. The number of nitrogens with zero attached hydrogens (tertiary/aromatic N) is 1. The van der Waals surface area contributed by atoms with Crippen LogP contribution in [-0.2, 0) is 64.0 Å². The van der Waals surface area contributed by atoms with Crippen molar-refractivity contribution in [3.63, 3.8) is 0 Å². The number of carbonyl (C=O) groups is 12. The van der Waals surface area contributed by atoms with Crippen LogP contribution in [0.4, 0.5) is 0 Å². The summed E-state index contributed by atoms with van der Waals surface area (Å²) in [6.45, 7) is -0.937. The number of aliphatic hydroxyl groups excluding tert-OH is 3. The summed E-state index contributed by atoms with van der Waals surface area (Å²) in [7, 11) is 0. The molecule has 382 valence electrons. The van der Waals surface area contributed by atoms with Crippen molar-refractivity contribution in [3.8, 4) is 0 Å². The van der Waals surface area contributed by atoms with Gasteiger partial charge >= 0.3 is 11.9 Å². The van der Waals surface area contributed by atoms with Gasteiger partial charge in [0.15, 0.2) is 0 Å². The number of nitrogens with one attached hydrogen (secondary N) is 8. The summed E-state index contributed by atoms with van der Waals surface area (Å²) in [6, 6.07) is -3.45. The lowest BCUT2D eigenvalue weighted by Crippen LogP contribution is -2.59. The Morgan fingerprint density at radius 1 is 0.667 bits per heavy atom. The van der Waals surface area contributed by atoms with E-state index in [1.807, 2.05) is 5.32 Å². The normalized spacial score (nSPS) is 16.6. The Balaban J connectivity index is 2.10. The number of likely N-dealkylation sites (tertiary alicyclic amines) is 1. The highest BCUT2D eigenvalue weighted by Gasteiger charge is 2.39. The monoisotopic (exact) mass is 979 g/mol. The number of hydrogen-bond acceptors (Lipinski definition) is 16. The first-order valence-corrected chi connectivity index (χ1v) is 21.6. The Bertz CT molecular complexity index is 2020. The van der Waals surface area contributed by atoms with E-state index in [-0.39, 0.29) is 19.4 Å². The lowest BCUT2D eigenvalue weighted by atomic mass is 10.0. The summed E-state index contributed by atoms with van der Waals surface area (Å²) in [5, 5.41) is 65.3. The number of carboxylic acids is 2. The van der Waals surface area contributed by atoms with E-state index >= 15 is 0 Å². The maximum absolute atomic E-state index is 13.5. The van der Waals surface area contributed by atoms with Crippen molar-refractivity contribution in [2.75, 3.05) is 32.8 Å². The first-order chi connectivity index (χ1) is 32.5. The van der Waals surface area contributed by atoms with Gasteiger partial charge in [-0.1, -0.05) is 30.3 Å². The molecular weight excluding hydrogens is 919 g/mol. The molecule has 1 aliphatic heterocycles. The molecule has 0 bridgehead atoms. The molecule has 0 aliphatic carbocycles. The lowest BCUT2D eigenvalue weighted by Gasteiger charge is -2.29. The summed E-state index contributed by atoms with van der Waals surface area (Å²) in [4.78, 5) is 153. The number of nitrogens with two attached hydrogens (primary N) is 2. The number of rotatable bonds is 29. The van der Waals surface area contributed by atoms with Crippen molar-refractivity contribution in [2.24, 2.45) is 11.5 Å². The summed E-state index contributed by atoms with van der Waals surface area (Å²) in [5.74, 6) is -12.5. The molecule has 0 saturated carbocycles. The van der Waals surface area contributed by atoms with Gasteiger partial charge in [-0.3, -0.25) is 52.7 Å². The van der Waals surface area contributed by atoms with Crippen LogP contribution in [0.25, 0.3) is 0 Å². The first-order valence-electron chi connectivity index (χ1n) is 21.6. The van der Waals surface area contributed by atoms with Gasteiger partial charge in [0.2, 0.25) is 59.1 Å². The van der Waals surface area contributed by atoms with E-state index < -0.39 is 177 Å². The van der Waals surface area contributed by atoms with Crippen molar-refractivity contribution >= 4 is 71.0 Å². The third-order valence-corrected chi connectivity index (χ3v) is 10.4. The molecule has 1 saturated heterocycles. The van der Waals surface area contributed by atoms with Gasteiger partial charge in [0.25, 0.3) is 0 Å². The molecular formula is C41H61N11O17. The zero-order valence-electron chi connectivity index (χ0n) is 37.8. The minimum absolute atomic E-state index is 0.149. The average Bonchev–Trinajstić information content (AvgIpc) is 3.80. The van der Waals surface area contributed by atoms with E-state index in [1.165, 1.54) is 18.7 Å². The van der Waals surface area contributed by atoms with E-state index in [9.17, 15) is 78.0 Å². The Morgan fingerprint density at radius 2 is 1.19 bits per heavy atom. The SMILES string of the molecule is C[C@H](NC(=O)[C@H](CO)NC(=O)[C@@H]1CCCN1C(=O)[C@@H](N)[C@@H](C)O)C(=O)N[C@@H](Cc1ccccc1)C(=O)NCC(=O)N[C@@H](CCC(=O)O)C(=O)NCC(=O)N[C@@H](CCC(N)=O)C(=O)N[C@@H](CO)C(=O)O. The minimum Gasteiger partial charge on any atom is -0.481 e. The zero-order chi connectivity index (χ0) is 52.0. The Hall–Kier alpha value is -7.30. The molecule has 69 heavy (non-hydrogen) atoms. The van der Waals surface area contributed by atoms with Gasteiger partial charge < -0.3 is 84.4 Å². The number of carboxylic acid groups (broad SMARTS) is 2. The van der Waals surface area contributed by atoms with Crippen LogP contribution in [0.2, 0.25) is 0 Å². The fourth-order valence-corrected chi connectivity index (χ4v) is 6.52. The molecule has 0 unspecified atom stereocenters. The van der Waals surface area contributed by atoms with Crippen LogP contribution in [0, 0.1) is 0 Å². The molecule has 1 heterocycles. The molecule has 28 nitrogen and oxygen atoms in total. The molecule has 9 atom stereocenters. The van der Waals surface area contributed by atoms with Crippen LogP contribution in [0.3, 0.4) is 0 Å². The molecule has 2 rings (SSSR count). The number of amides is 10. The molecule has 10 amide bonds. The van der Waals surface area contributed by atoms with Crippen molar-refractivity contribution < 1.29 is 83.1 Å². The average molecular weight is 980 g/mol. The van der Waals surface area contributed by atoms with Gasteiger partial charge in [-0.05, 0) is 45.1 Å². The predicted octanol–water partition coefficient (Wildman–Crippen LogP) is -7.71. The maximum Gasteiger partial charge on any atom is 0.328 e. The number of aliphatic carboxylic acids is 2. The number of primary amides is 1. The van der Waals surface area contributed by atoms with Gasteiger partial charge in [-0.2, -0.15) is 0 Å². The van der Waals surface area contributed by atoms with Crippen molar-refractivity contribution in [1.82, 2.24) is 47.4 Å². The molecule has 0 aromatic heterocycles. The number of aliphatic hydroxyl groups is 3. The number of hydrogen-bond donors (Lipinski definition) is 15. The minimum atomic E-state index is -1.76. The highest BCUT2D eigenvalue weighted by molar-refractivity contribution is 5.97. The summed E-state index contributed by atoms with van der Waals surface area (Å²) < 4.78 is 0. The summed E-state index contributed by atoms with van der Waals surface area (Å²) >= 11 is 0. The largest absolute Gasteiger partial charge is 0.481 e. The second kappa shape index (κ2) is 28.8. The molecule has 0 radical (unpaired) electrons. The van der Waals surface area contributed by atoms with Gasteiger partial charge in [-0.15, -0.1) is 0 Å². The van der Waals surface area contributed by atoms with Crippen molar-refractivity contribution in [1.29, 1.82) is 0 Å². The second-order valence-electron chi connectivity index (χ2n) is 15.9. The highest BCUT2D eigenvalue weighted by atomic mass is 16.4. The van der Waals surface area contributed by atoms with E-state index in [0.717, 1.165) is 0 Å². The van der Waals surface area contributed by atoms with Gasteiger partial charge in [0, 0.05) is 25.8 Å². The van der Waals surface area contributed by atoms with E-state index in [4.69, 9.17) is 16.6 Å².